The van der Waals surface area contributed by atoms with Crippen LogP contribution in [0.15, 0.2) is 53.4 Å². The normalized spacial score (nSPS) is 9.80. The molecule has 0 amide bonds. The number of hydrogen-bond donors (Lipinski definition) is 0. The van der Waals surface area contributed by atoms with E-state index in [1.165, 1.54) is 48.2 Å². The SMILES string of the molecule is O=C(Cc1ccc(F)cc1)OCC#CCSc1ccc([N+](=O)[O-])cc1. The Kier molecular flexibility index (Phi) is 6.99. The van der Waals surface area contributed by atoms with E-state index < -0.39 is 10.9 Å². The van der Waals surface area contributed by atoms with E-state index in [0.29, 0.717) is 11.3 Å². The topological polar surface area (TPSA) is 69.4 Å². The highest BCUT2D eigenvalue weighted by atomic mass is 32.2. The lowest BCUT2D eigenvalue weighted by molar-refractivity contribution is -0.384. The first kappa shape index (κ1) is 18.5. The monoisotopic (exact) mass is 359 g/mol. The van der Waals surface area contributed by atoms with Gasteiger partial charge in [0, 0.05) is 17.0 Å². The van der Waals surface area contributed by atoms with E-state index in [1.807, 2.05) is 0 Å². The smallest absolute Gasteiger partial charge is 0.311 e. The highest BCUT2D eigenvalue weighted by molar-refractivity contribution is 7.99. The van der Waals surface area contributed by atoms with E-state index in [9.17, 15) is 19.3 Å². The molecule has 7 heteroatoms. The van der Waals surface area contributed by atoms with E-state index in [1.54, 1.807) is 12.1 Å². The van der Waals surface area contributed by atoms with Crippen molar-refractivity contribution in [2.45, 2.75) is 11.3 Å². The lowest BCUT2D eigenvalue weighted by Gasteiger charge is -2.01. The fourth-order valence-electron chi connectivity index (χ4n) is 1.82. The zero-order chi connectivity index (χ0) is 18.1. The van der Waals surface area contributed by atoms with Gasteiger partial charge in [-0.05, 0) is 29.8 Å². The van der Waals surface area contributed by atoms with Gasteiger partial charge in [-0.3, -0.25) is 14.9 Å². The first-order valence-corrected chi connectivity index (χ1v) is 8.26. The molecule has 0 aliphatic heterocycles. The summed E-state index contributed by atoms with van der Waals surface area (Å²) in [4.78, 5) is 22.6. The molecule has 0 saturated carbocycles. The third-order valence-corrected chi connectivity index (χ3v) is 3.94. The predicted octanol–water partition coefficient (Wildman–Crippen LogP) is 3.62. The summed E-state index contributed by atoms with van der Waals surface area (Å²) in [6, 6.07) is 11.8. The minimum Gasteiger partial charge on any atom is -0.452 e. The molecule has 25 heavy (non-hydrogen) atoms. The van der Waals surface area contributed by atoms with Crippen LogP contribution in [0.3, 0.4) is 0 Å². The van der Waals surface area contributed by atoms with E-state index in [4.69, 9.17) is 4.74 Å². The van der Waals surface area contributed by atoms with Gasteiger partial charge in [-0.25, -0.2) is 4.39 Å². The number of benzene rings is 2. The van der Waals surface area contributed by atoms with Crippen molar-refractivity contribution in [1.82, 2.24) is 0 Å². The van der Waals surface area contributed by atoms with Crippen molar-refractivity contribution >= 4 is 23.4 Å². The molecule has 0 bridgehead atoms. The van der Waals surface area contributed by atoms with Gasteiger partial charge in [0.15, 0.2) is 6.61 Å². The van der Waals surface area contributed by atoms with Crippen LogP contribution >= 0.6 is 11.8 Å². The summed E-state index contributed by atoms with van der Waals surface area (Å²) >= 11 is 1.43. The van der Waals surface area contributed by atoms with Crippen molar-refractivity contribution in [3.05, 3.63) is 70.0 Å². The number of carbonyl (C=O) groups is 1. The number of thioether (sulfide) groups is 1. The number of nitrogens with zero attached hydrogens (tertiary/aromatic N) is 1. The summed E-state index contributed by atoms with van der Waals surface area (Å²) in [6.07, 6.45) is 0.0690. The standard InChI is InChI=1S/C18H14FNO4S/c19-15-5-3-14(4-6-15)13-18(21)24-11-1-2-12-25-17-9-7-16(8-10-17)20(22)23/h3-10H,11-13H2. The summed E-state index contributed by atoms with van der Waals surface area (Å²) in [5, 5.41) is 10.5. The number of carbonyl (C=O) groups excluding carboxylic acids is 1. The second-order valence-corrected chi connectivity index (χ2v) is 5.91. The summed E-state index contributed by atoms with van der Waals surface area (Å²) in [7, 11) is 0. The number of non-ortho nitro benzene ring substituents is 1. The number of halogens is 1. The van der Waals surface area contributed by atoms with Crippen molar-refractivity contribution in [1.29, 1.82) is 0 Å². The third-order valence-electron chi connectivity index (χ3n) is 3.05. The number of esters is 1. The first-order valence-electron chi connectivity index (χ1n) is 7.27. The molecule has 0 spiro atoms. The van der Waals surface area contributed by atoms with Crippen LogP contribution in [0.5, 0.6) is 0 Å². The highest BCUT2D eigenvalue weighted by Crippen LogP contribution is 2.20. The number of rotatable bonds is 6. The van der Waals surface area contributed by atoms with Gasteiger partial charge in [-0.1, -0.05) is 24.0 Å². The maximum atomic E-state index is 12.8. The average Bonchev–Trinajstić information content (AvgIpc) is 2.60. The summed E-state index contributed by atoms with van der Waals surface area (Å²) in [6.45, 7) is -0.0130. The highest BCUT2D eigenvalue weighted by Gasteiger charge is 2.04. The molecule has 0 aromatic heterocycles. The average molecular weight is 359 g/mol. The lowest BCUT2D eigenvalue weighted by Crippen LogP contribution is -2.08. The number of ether oxygens (including phenoxy) is 1. The van der Waals surface area contributed by atoms with E-state index in [0.717, 1.165) is 4.90 Å². The van der Waals surface area contributed by atoms with Gasteiger partial charge in [-0.2, -0.15) is 0 Å². The quantitative estimate of drug-likeness (QED) is 0.259. The molecular weight excluding hydrogens is 345 g/mol. The van der Waals surface area contributed by atoms with Crippen LogP contribution in [0.25, 0.3) is 0 Å². The Hall–Kier alpha value is -2.85. The van der Waals surface area contributed by atoms with Gasteiger partial charge in [0.25, 0.3) is 5.69 Å². The maximum Gasteiger partial charge on any atom is 0.311 e. The van der Waals surface area contributed by atoms with Gasteiger partial charge in [0.05, 0.1) is 17.1 Å². The van der Waals surface area contributed by atoms with Crippen LogP contribution in [0.4, 0.5) is 10.1 Å². The van der Waals surface area contributed by atoms with Gasteiger partial charge in [0.2, 0.25) is 0 Å². The fraction of sp³-hybridized carbons (Fsp3) is 0.167. The Labute approximate surface area is 148 Å². The minimum atomic E-state index is -0.450. The number of nitro groups is 1. The van der Waals surface area contributed by atoms with Crippen LogP contribution in [0.2, 0.25) is 0 Å². The number of nitro benzene ring substituents is 1. The molecule has 128 valence electrons. The molecule has 0 N–H and O–H groups in total. The predicted molar refractivity (Wildman–Crippen MR) is 92.7 cm³/mol. The van der Waals surface area contributed by atoms with Crippen molar-refractivity contribution in [2.75, 3.05) is 12.4 Å². The van der Waals surface area contributed by atoms with Gasteiger partial charge in [-0.15, -0.1) is 11.8 Å². The largest absolute Gasteiger partial charge is 0.452 e. The van der Waals surface area contributed by atoms with Crippen molar-refractivity contribution in [3.63, 3.8) is 0 Å². The van der Waals surface area contributed by atoms with Crippen LogP contribution < -0.4 is 0 Å². The summed E-state index contributed by atoms with van der Waals surface area (Å²) in [5.74, 6) is 5.28. The summed E-state index contributed by atoms with van der Waals surface area (Å²) in [5.41, 5.74) is 0.719. The molecule has 2 aromatic rings. The Bertz CT molecular complexity index is 795. The Morgan fingerprint density at radius 1 is 1.12 bits per heavy atom. The van der Waals surface area contributed by atoms with E-state index in [-0.39, 0.29) is 24.5 Å². The molecule has 2 aromatic carbocycles. The van der Waals surface area contributed by atoms with Crippen LogP contribution in [0, 0.1) is 27.8 Å². The van der Waals surface area contributed by atoms with Gasteiger partial charge in [0.1, 0.15) is 5.82 Å². The van der Waals surface area contributed by atoms with E-state index in [2.05, 4.69) is 11.8 Å². The van der Waals surface area contributed by atoms with Gasteiger partial charge >= 0.3 is 5.97 Å². The molecule has 0 saturated heterocycles. The molecule has 0 aliphatic carbocycles. The zero-order valence-corrected chi connectivity index (χ0v) is 13.9. The molecule has 2 rings (SSSR count). The molecule has 0 fully saturated rings. The molecule has 0 heterocycles. The number of hydrogen-bond acceptors (Lipinski definition) is 5. The van der Waals surface area contributed by atoms with Crippen LogP contribution in [0.1, 0.15) is 5.56 Å². The lowest BCUT2D eigenvalue weighted by atomic mass is 10.1. The van der Waals surface area contributed by atoms with Crippen molar-refractivity contribution in [3.8, 4) is 11.8 Å². The van der Waals surface area contributed by atoms with E-state index >= 15 is 0 Å². The zero-order valence-electron chi connectivity index (χ0n) is 13.1. The third kappa shape index (κ3) is 6.65. The second-order valence-electron chi connectivity index (χ2n) is 4.86. The summed E-state index contributed by atoms with van der Waals surface area (Å²) < 4.78 is 17.7. The van der Waals surface area contributed by atoms with Gasteiger partial charge < -0.3 is 4.74 Å². The molecule has 0 atom stereocenters. The fourth-order valence-corrected chi connectivity index (χ4v) is 2.49. The molecule has 0 unspecified atom stereocenters. The molecule has 0 aliphatic rings. The van der Waals surface area contributed by atoms with Crippen LogP contribution in [-0.4, -0.2) is 23.3 Å². The maximum absolute atomic E-state index is 12.8. The Morgan fingerprint density at radius 3 is 2.44 bits per heavy atom. The second kappa shape index (κ2) is 9.45. The molecular formula is C18H14FNO4S. The minimum absolute atomic E-state index is 0.0130. The first-order chi connectivity index (χ1) is 12.0. The van der Waals surface area contributed by atoms with Crippen molar-refractivity contribution < 1.29 is 18.8 Å². The van der Waals surface area contributed by atoms with Crippen molar-refractivity contribution in [2.24, 2.45) is 0 Å². The van der Waals surface area contributed by atoms with Crippen LogP contribution in [-0.2, 0) is 16.0 Å². The molecule has 0 radical (unpaired) electrons. The molecule has 5 nitrogen and oxygen atoms in total. The Morgan fingerprint density at radius 2 is 1.80 bits per heavy atom. The Balaban J connectivity index is 1.67.